The summed E-state index contributed by atoms with van der Waals surface area (Å²) >= 11 is 0. The molecule has 0 unspecified atom stereocenters. The summed E-state index contributed by atoms with van der Waals surface area (Å²) < 4.78 is 10.8. The Morgan fingerprint density at radius 2 is 1.95 bits per heavy atom. The van der Waals surface area contributed by atoms with E-state index in [4.69, 9.17) is 14.6 Å². The molecule has 0 bridgehead atoms. The highest BCUT2D eigenvalue weighted by Crippen LogP contribution is 2.38. The smallest absolute Gasteiger partial charge is 0.352 e. The normalized spacial score (nSPS) is 22.3. The predicted octanol–water partition coefficient (Wildman–Crippen LogP) is 2.53. The van der Waals surface area contributed by atoms with Gasteiger partial charge in [0.2, 0.25) is 11.5 Å². The van der Waals surface area contributed by atoms with Crippen molar-refractivity contribution in [1.82, 2.24) is 0 Å². The maximum absolute atomic E-state index is 11.2. The first-order valence-corrected chi connectivity index (χ1v) is 6.74. The van der Waals surface area contributed by atoms with E-state index in [1.165, 1.54) is 7.11 Å². The summed E-state index contributed by atoms with van der Waals surface area (Å²) in [5.41, 5.74) is -0.126. The maximum atomic E-state index is 11.2. The number of ether oxygens (including phenoxy) is 2. The van der Waals surface area contributed by atoms with E-state index in [1.807, 2.05) is 0 Å². The van der Waals surface area contributed by atoms with E-state index in [9.17, 15) is 10.1 Å². The van der Waals surface area contributed by atoms with Gasteiger partial charge in [0.25, 0.3) is 0 Å². The summed E-state index contributed by atoms with van der Waals surface area (Å²) in [4.78, 5) is 10.7. The topological polar surface area (TPSA) is 81.8 Å². The largest absolute Gasteiger partial charge is 0.490 e. The van der Waals surface area contributed by atoms with Crippen LogP contribution in [0.3, 0.4) is 0 Å². The van der Waals surface area contributed by atoms with Crippen molar-refractivity contribution in [2.24, 2.45) is 5.92 Å². The Balaban J connectivity index is 2.12. The van der Waals surface area contributed by atoms with Crippen LogP contribution in [0.25, 0.3) is 0 Å². The molecule has 6 nitrogen and oxygen atoms in total. The van der Waals surface area contributed by atoms with Gasteiger partial charge in [0.15, 0.2) is 0 Å². The SMILES string of the molecule is COc1cccc(OC2CCC(CO)CC2)c1[N+](=O)[O-]. The van der Waals surface area contributed by atoms with Gasteiger partial charge in [-0.15, -0.1) is 0 Å². The van der Waals surface area contributed by atoms with E-state index in [-0.39, 0.29) is 29.9 Å². The highest BCUT2D eigenvalue weighted by molar-refractivity contribution is 5.57. The molecule has 20 heavy (non-hydrogen) atoms. The minimum absolute atomic E-state index is 0.0383. The zero-order chi connectivity index (χ0) is 14.5. The van der Waals surface area contributed by atoms with Crippen LogP contribution in [-0.4, -0.2) is 29.9 Å². The van der Waals surface area contributed by atoms with Gasteiger partial charge in [-0.1, -0.05) is 6.07 Å². The second-order valence-electron chi connectivity index (χ2n) is 5.01. The van der Waals surface area contributed by atoms with E-state index in [0.29, 0.717) is 5.92 Å². The number of hydrogen-bond donors (Lipinski definition) is 1. The fourth-order valence-electron chi connectivity index (χ4n) is 2.55. The lowest BCUT2D eigenvalue weighted by Gasteiger charge is -2.27. The number of nitro groups is 1. The third-order valence-corrected chi connectivity index (χ3v) is 3.71. The van der Waals surface area contributed by atoms with Crippen molar-refractivity contribution in [3.05, 3.63) is 28.3 Å². The van der Waals surface area contributed by atoms with Crippen LogP contribution in [0.5, 0.6) is 11.5 Å². The molecule has 0 aliphatic heterocycles. The molecule has 0 saturated heterocycles. The van der Waals surface area contributed by atoms with Gasteiger partial charge in [-0.05, 0) is 43.7 Å². The average molecular weight is 281 g/mol. The molecule has 1 N–H and O–H groups in total. The highest BCUT2D eigenvalue weighted by atomic mass is 16.6. The number of hydrogen-bond acceptors (Lipinski definition) is 5. The van der Waals surface area contributed by atoms with Crippen LogP contribution < -0.4 is 9.47 Å². The molecular formula is C14H19NO5. The fourth-order valence-corrected chi connectivity index (χ4v) is 2.55. The number of nitro benzene ring substituents is 1. The number of methoxy groups -OCH3 is 1. The second-order valence-corrected chi connectivity index (χ2v) is 5.01. The highest BCUT2D eigenvalue weighted by Gasteiger charge is 2.27. The second kappa shape index (κ2) is 6.56. The van der Waals surface area contributed by atoms with Crippen LogP contribution in [0.15, 0.2) is 18.2 Å². The zero-order valence-electron chi connectivity index (χ0n) is 11.4. The number of aliphatic hydroxyl groups excluding tert-OH is 1. The summed E-state index contributed by atoms with van der Waals surface area (Å²) in [5.74, 6) is 0.786. The molecule has 0 amide bonds. The number of aliphatic hydroxyl groups is 1. The number of rotatable bonds is 5. The van der Waals surface area contributed by atoms with Crippen molar-refractivity contribution in [2.75, 3.05) is 13.7 Å². The lowest BCUT2D eigenvalue weighted by Crippen LogP contribution is -2.25. The Morgan fingerprint density at radius 1 is 1.30 bits per heavy atom. The van der Waals surface area contributed by atoms with Gasteiger partial charge in [0.05, 0.1) is 18.1 Å². The Kier molecular flexibility index (Phi) is 4.79. The molecule has 1 aliphatic carbocycles. The first-order valence-electron chi connectivity index (χ1n) is 6.74. The Hall–Kier alpha value is -1.82. The molecule has 0 heterocycles. The van der Waals surface area contributed by atoms with E-state index in [0.717, 1.165) is 25.7 Å². The third-order valence-electron chi connectivity index (χ3n) is 3.71. The summed E-state index contributed by atoms with van der Waals surface area (Å²) in [6.07, 6.45) is 3.35. The molecule has 0 radical (unpaired) electrons. The lowest BCUT2D eigenvalue weighted by atomic mass is 9.88. The van der Waals surface area contributed by atoms with Gasteiger partial charge in [-0.2, -0.15) is 0 Å². The maximum Gasteiger partial charge on any atom is 0.352 e. The van der Waals surface area contributed by atoms with E-state index in [1.54, 1.807) is 18.2 Å². The molecule has 1 saturated carbocycles. The van der Waals surface area contributed by atoms with Gasteiger partial charge in [0, 0.05) is 6.61 Å². The predicted molar refractivity (Wildman–Crippen MR) is 73.1 cm³/mol. The molecule has 2 rings (SSSR count). The van der Waals surface area contributed by atoms with Gasteiger partial charge in [0.1, 0.15) is 0 Å². The number of benzene rings is 1. The Labute approximate surface area is 117 Å². The van der Waals surface area contributed by atoms with Crippen molar-refractivity contribution < 1.29 is 19.5 Å². The molecule has 1 aromatic carbocycles. The third kappa shape index (κ3) is 3.19. The van der Waals surface area contributed by atoms with Crippen molar-refractivity contribution in [3.8, 4) is 11.5 Å². The van der Waals surface area contributed by atoms with E-state index in [2.05, 4.69) is 0 Å². The van der Waals surface area contributed by atoms with Crippen LogP contribution in [0.1, 0.15) is 25.7 Å². The first-order chi connectivity index (χ1) is 9.65. The van der Waals surface area contributed by atoms with Gasteiger partial charge in [-0.3, -0.25) is 10.1 Å². The molecule has 1 aliphatic rings. The van der Waals surface area contributed by atoms with Crippen LogP contribution in [-0.2, 0) is 0 Å². The van der Waals surface area contributed by atoms with E-state index >= 15 is 0 Å². The van der Waals surface area contributed by atoms with Gasteiger partial charge in [-0.25, -0.2) is 0 Å². The summed E-state index contributed by atoms with van der Waals surface area (Å²) in [6.45, 7) is 0.200. The molecule has 1 fully saturated rings. The first kappa shape index (κ1) is 14.6. The van der Waals surface area contributed by atoms with E-state index < -0.39 is 4.92 Å². The molecule has 0 aromatic heterocycles. The number of para-hydroxylation sites is 1. The lowest BCUT2D eigenvalue weighted by molar-refractivity contribution is -0.387. The van der Waals surface area contributed by atoms with Crippen molar-refractivity contribution in [3.63, 3.8) is 0 Å². The van der Waals surface area contributed by atoms with Crippen LogP contribution in [0.2, 0.25) is 0 Å². The molecular weight excluding hydrogens is 262 g/mol. The standard InChI is InChI=1S/C14H19NO5/c1-19-12-3-2-4-13(14(12)15(17)18)20-11-7-5-10(9-16)6-8-11/h2-4,10-11,16H,5-9H2,1H3. The van der Waals surface area contributed by atoms with Crippen LogP contribution in [0, 0.1) is 16.0 Å². The Bertz CT molecular complexity index is 469. The summed E-state index contributed by atoms with van der Waals surface area (Å²) in [5, 5.41) is 20.3. The van der Waals surface area contributed by atoms with Crippen molar-refractivity contribution in [2.45, 2.75) is 31.8 Å². The molecule has 110 valence electrons. The Morgan fingerprint density at radius 3 is 2.50 bits per heavy atom. The van der Waals surface area contributed by atoms with Crippen molar-refractivity contribution >= 4 is 5.69 Å². The van der Waals surface area contributed by atoms with Gasteiger partial charge >= 0.3 is 5.69 Å². The quantitative estimate of drug-likeness (QED) is 0.662. The zero-order valence-corrected chi connectivity index (χ0v) is 11.4. The van der Waals surface area contributed by atoms with Crippen LogP contribution >= 0.6 is 0 Å². The van der Waals surface area contributed by atoms with Gasteiger partial charge < -0.3 is 14.6 Å². The monoisotopic (exact) mass is 281 g/mol. The summed E-state index contributed by atoms with van der Waals surface area (Å²) in [6, 6.07) is 4.83. The molecule has 0 atom stereocenters. The summed E-state index contributed by atoms with van der Waals surface area (Å²) in [7, 11) is 1.40. The van der Waals surface area contributed by atoms with Crippen molar-refractivity contribution in [1.29, 1.82) is 0 Å². The molecule has 0 spiro atoms. The minimum atomic E-state index is -0.479. The minimum Gasteiger partial charge on any atom is -0.490 e. The molecule has 1 aromatic rings. The molecule has 6 heteroatoms. The fraction of sp³-hybridized carbons (Fsp3) is 0.571. The number of nitrogens with zero attached hydrogens (tertiary/aromatic N) is 1. The van der Waals surface area contributed by atoms with Crippen LogP contribution in [0.4, 0.5) is 5.69 Å². The average Bonchev–Trinajstić information content (AvgIpc) is 2.47.